The summed E-state index contributed by atoms with van der Waals surface area (Å²) >= 11 is 0. The van der Waals surface area contributed by atoms with Crippen molar-refractivity contribution in [2.24, 2.45) is 5.73 Å². The minimum Gasteiger partial charge on any atom is -0.497 e. The molecule has 0 fully saturated rings. The number of hydrogen-bond acceptors (Lipinski definition) is 6. The van der Waals surface area contributed by atoms with Gasteiger partial charge in [0.15, 0.2) is 5.65 Å². The first kappa shape index (κ1) is 17.8. The Labute approximate surface area is 162 Å². The Balaban J connectivity index is 1.90. The van der Waals surface area contributed by atoms with E-state index < -0.39 is 0 Å². The molecule has 7 nitrogen and oxygen atoms in total. The van der Waals surface area contributed by atoms with E-state index >= 15 is 0 Å². The van der Waals surface area contributed by atoms with Crippen molar-refractivity contribution in [2.75, 3.05) is 26.0 Å². The van der Waals surface area contributed by atoms with Crippen LogP contribution in [0.2, 0.25) is 0 Å². The molecule has 0 atom stereocenters. The molecule has 142 valence electrons. The van der Waals surface area contributed by atoms with Gasteiger partial charge in [-0.3, -0.25) is 0 Å². The number of aromatic nitrogens is 3. The average molecular weight is 375 g/mol. The van der Waals surface area contributed by atoms with Crippen LogP contribution in [-0.2, 0) is 0 Å². The second-order valence-corrected chi connectivity index (χ2v) is 6.24. The van der Waals surface area contributed by atoms with E-state index in [0.29, 0.717) is 19.0 Å². The van der Waals surface area contributed by atoms with Crippen LogP contribution in [0.4, 0.5) is 5.82 Å². The molecule has 0 saturated carbocycles. The molecule has 0 aliphatic heterocycles. The zero-order valence-corrected chi connectivity index (χ0v) is 15.5. The highest BCUT2D eigenvalue weighted by atomic mass is 16.5. The molecular formula is C21H21N5O2. The van der Waals surface area contributed by atoms with Gasteiger partial charge < -0.3 is 25.5 Å². The van der Waals surface area contributed by atoms with Crippen LogP contribution < -0.4 is 20.9 Å². The summed E-state index contributed by atoms with van der Waals surface area (Å²) in [7, 11) is 1.65. The van der Waals surface area contributed by atoms with Crippen LogP contribution in [0.1, 0.15) is 0 Å². The molecule has 0 aliphatic rings. The molecule has 0 bridgehead atoms. The van der Waals surface area contributed by atoms with Gasteiger partial charge in [-0.05, 0) is 29.8 Å². The van der Waals surface area contributed by atoms with Crippen molar-refractivity contribution in [3.05, 3.63) is 61.1 Å². The van der Waals surface area contributed by atoms with Crippen LogP contribution in [0.5, 0.6) is 11.5 Å². The van der Waals surface area contributed by atoms with Gasteiger partial charge in [0.1, 0.15) is 30.3 Å². The Morgan fingerprint density at radius 3 is 2.68 bits per heavy atom. The van der Waals surface area contributed by atoms with Gasteiger partial charge in [-0.25, -0.2) is 9.97 Å². The summed E-state index contributed by atoms with van der Waals surface area (Å²) in [4.78, 5) is 8.66. The summed E-state index contributed by atoms with van der Waals surface area (Å²) in [5.74, 6) is 1.94. The summed E-state index contributed by atoms with van der Waals surface area (Å²) in [6, 6.07) is 15.6. The largest absolute Gasteiger partial charge is 0.497 e. The van der Waals surface area contributed by atoms with Crippen molar-refractivity contribution >= 4 is 16.9 Å². The van der Waals surface area contributed by atoms with Gasteiger partial charge in [-0.2, -0.15) is 0 Å². The first-order chi connectivity index (χ1) is 13.7. The number of nitrogen functional groups attached to an aromatic ring is 1. The van der Waals surface area contributed by atoms with Crippen molar-refractivity contribution in [3.8, 4) is 28.3 Å². The third-order valence-corrected chi connectivity index (χ3v) is 4.48. The summed E-state index contributed by atoms with van der Waals surface area (Å²) in [6.45, 7) is 0.917. The third kappa shape index (κ3) is 3.23. The van der Waals surface area contributed by atoms with E-state index in [1.165, 1.54) is 6.33 Å². The first-order valence-corrected chi connectivity index (χ1v) is 8.90. The molecular weight excluding hydrogens is 354 g/mol. The van der Waals surface area contributed by atoms with E-state index in [2.05, 4.69) is 9.97 Å². The Bertz CT molecular complexity index is 1120. The number of methoxy groups -OCH3 is 1. The summed E-state index contributed by atoms with van der Waals surface area (Å²) in [5, 5.41) is 0.795. The number of rotatable bonds is 6. The predicted octanol–water partition coefficient (Wildman–Crippen LogP) is 3.02. The Hall–Kier alpha value is -3.58. The van der Waals surface area contributed by atoms with Gasteiger partial charge in [0.25, 0.3) is 0 Å². The average Bonchev–Trinajstić information content (AvgIpc) is 3.13. The van der Waals surface area contributed by atoms with E-state index in [9.17, 15) is 0 Å². The van der Waals surface area contributed by atoms with Crippen molar-refractivity contribution in [1.29, 1.82) is 0 Å². The molecule has 0 saturated heterocycles. The Morgan fingerprint density at radius 1 is 1.04 bits per heavy atom. The monoisotopic (exact) mass is 375 g/mol. The van der Waals surface area contributed by atoms with Crippen LogP contribution in [-0.4, -0.2) is 34.8 Å². The fraction of sp³-hybridized carbons (Fsp3) is 0.143. The molecule has 2 aromatic heterocycles. The second kappa shape index (κ2) is 7.58. The lowest BCUT2D eigenvalue weighted by atomic mass is 10.1. The summed E-state index contributed by atoms with van der Waals surface area (Å²) < 4.78 is 13.0. The molecule has 0 spiro atoms. The maximum Gasteiger partial charge on any atom is 0.150 e. The van der Waals surface area contributed by atoms with E-state index in [1.54, 1.807) is 7.11 Å². The van der Waals surface area contributed by atoms with Gasteiger partial charge >= 0.3 is 0 Å². The van der Waals surface area contributed by atoms with Crippen molar-refractivity contribution in [3.63, 3.8) is 0 Å². The molecule has 0 unspecified atom stereocenters. The number of ether oxygens (including phenoxy) is 2. The molecule has 4 rings (SSSR count). The van der Waals surface area contributed by atoms with Crippen LogP contribution in [0.15, 0.2) is 61.1 Å². The fourth-order valence-electron chi connectivity index (χ4n) is 3.19. The molecule has 28 heavy (non-hydrogen) atoms. The lowest BCUT2D eigenvalue weighted by Gasteiger charge is -2.08. The Kier molecular flexibility index (Phi) is 4.82. The van der Waals surface area contributed by atoms with Crippen LogP contribution in [0.25, 0.3) is 27.8 Å². The summed E-state index contributed by atoms with van der Waals surface area (Å²) in [6.07, 6.45) is 3.48. The first-order valence-electron chi connectivity index (χ1n) is 8.90. The van der Waals surface area contributed by atoms with Crippen LogP contribution in [0, 0.1) is 0 Å². The molecule has 2 aromatic carbocycles. The topological polar surface area (TPSA) is 101 Å². The fourth-order valence-corrected chi connectivity index (χ4v) is 3.19. The highest BCUT2D eigenvalue weighted by Crippen LogP contribution is 2.35. The highest BCUT2D eigenvalue weighted by molar-refractivity contribution is 6.01. The van der Waals surface area contributed by atoms with E-state index in [0.717, 1.165) is 39.3 Å². The predicted molar refractivity (Wildman–Crippen MR) is 110 cm³/mol. The van der Waals surface area contributed by atoms with E-state index in [1.807, 2.05) is 59.3 Å². The number of fused-ring (bicyclic) bond motifs is 1. The number of hydrogen-bond donors (Lipinski definition) is 2. The van der Waals surface area contributed by atoms with Crippen molar-refractivity contribution in [2.45, 2.75) is 0 Å². The molecule has 4 aromatic rings. The Morgan fingerprint density at radius 2 is 1.86 bits per heavy atom. The molecule has 7 heteroatoms. The van der Waals surface area contributed by atoms with Crippen LogP contribution in [0.3, 0.4) is 0 Å². The lowest BCUT2D eigenvalue weighted by molar-refractivity contribution is 0.328. The maximum atomic E-state index is 6.22. The van der Waals surface area contributed by atoms with Crippen molar-refractivity contribution < 1.29 is 9.47 Å². The number of benzene rings is 2. The zero-order chi connectivity index (χ0) is 19.5. The highest BCUT2D eigenvalue weighted by Gasteiger charge is 2.16. The molecule has 0 aliphatic carbocycles. The quantitative estimate of drug-likeness (QED) is 0.537. The van der Waals surface area contributed by atoms with Crippen molar-refractivity contribution in [1.82, 2.24) is 14.5 Å². The smallest absolute Gasteiger partial charge is 0.150 e. The molecule has 4 N–H and O–H groups in total. The van der Waals surface area contributed by atoms with Gasteiger partial charge in [-0.1, -0.05) is 18.2 Å². The standard InChI is InChI=1S/C21H21N5O2/c1-27-16-6-2-4-14(10-16)18-12-26(21-19(18)20(23)24-13-25-21)15-5-3-7-17(11-15)28-9-8-22/h2-7,10-13H,8-9,22H2,1H3,(H2,23,24,25). The number of nitrogens with zero attached hydrogens (tertiary/aromatic N) is 3. The molecule has 0 amide bonds. The number of nitrogens with two attached hydrogens (primary N) is 2. The van der Waals surface area contributed by atoms with E-state index in [4.69, 9.17) is 20.9 Å². The van der Waals surface area contributed by atoms with E-state index in [-0.39, 0.29) is 0 Å². The van der Waals surface area contributed by atoms with Crippen LogP contribution >= 0.6 is 0 Å². The molecule has 2 heterocycles. The normalized spacial score (nSPS) is 10.9. The minimum atomic E-state index is 0.428. The SMILES string of the molecule is COc1cccc(-c2cn(-c3cccc(OCCN)c3)c3ncnc(N)c23)c1. The second-order valence-electron chi connectivity index (χ2n) is 6.24. The summed E-state index contributed by atoms with van der Waals surface area (Å²) in [5.41, 5.74) is 15.3. The van der Waals surface area contributed by atoms with Gasteiger partial charge in [0.2, 0.25) is 0 Å². The third-order valence-electron chi connectivity index (χ3n) is 4.48. The minimum absolute atomic E-state index is 0.428. The number of anilines is 1. The van der Waals surface area contributed by atoms with Gasteiger partial charge in [0.05, 0.1) is 18.2 Å². The van der Waals surface area contributed by atoms with Gasteiger partial charge in [-0.15, -0.1) is 0 Å². The lowest BCUT2D eigenvalue weighted by Crippen LogP contribution is -2.10. The zero-order valence-electron chi connectivity index (χ0n) is 15.5. The maximum absolute atomic E-state index is 6.22. The molecule has 0 radical (unpaired) electrons. The van der Waals surface area contributed by atoms with Gasteiger partial charge in [0, 0.05) is 24.4 Å².